The van der Waals surface area contributed by atoms with Crippen molar-refractivity contribution < 1.29 is 22.3 Å². The summed E-state index contributed by atoms with van der Waals surface area (Å²) in [5.41, 5.74) is 0.731. The minimum Gasteiger partial charge on any atom is -0.403 e. The van der Waals surface area contributed by atoms with Crippen LogP contribution in [0.5, 0.6) is 5.75 Å². The standard InChI is InChI=1S/C21H32F4OSi/c1-2-3-6-13-27-14-11-17(12-15-27)7-4-5-8-18-9-10-20(19(22)16-18)26-21(23,24)25/h9-10,16-17,27H,2-8,11-15H2,1H3. The Morgan fingerprint density at radius 3 is 2.44 bits per heavy atom. The van der Waals surface area contributed by atoms with Gasteiger partial charge in [-0.25, -0.2) is 4.39 Å². The van der Waals surface area contributed by atoms with Gasteiger partial charge in [0.2, 0.25) is 0 Å². The highest BCUT2D eigenvalue weighted by Crippen LogP contribution is 2.32. The second-order valence-electron chi connectivity index (χ2n) is 7.94. The lowest BCUT2D eigenvalue weighted by Gasteiger charge is -2.27. The van der Waals surface area contributed by atoms with Crippen molar-refractivity contribution in [2.75, 3.05) is 0 Å². The molecular formula is C21H32F4OSi. The summed E-state index contributed by atoms with van der Waals surface area (Å²) < 4.78 is 53.9. The molecule has 0 bridgehead atoms. The van der Waals surface area contributed by atoms with Crippen molar-refractivity contribution in [1.82, 2.24) is 0 Å². The van der Waals surface area contributed by atoms with E-state index in [0.717, 1.165) is 36.5 Å². The highest BCUT2D eigenvalue weighted by atomic mass is 28.3. The number of ether oxygens (including phenoxy) is 1. The number of unbranched alkanes of at least 4 members (excludes halogenated alkanes) is 3. The molecule has 0 aromatic heterocycles. The maximum atomic E-state index is 13.7. The van der Waals surface area contributed by atoms with E-state index in [1.54, 1.807) is 0 Å². The highest BCUT2D eigenvalue weighted by Gasteiger charge is 2.32. The van der Waals surface area contributed by atoms with Gasteiger partial charge in [-0.2, -0.15) is 0 Å². The van der Waals surface area contributed by atoms with Gasteiger partial charge in [-0.3, -0.25) is 0 Å². The van der Waals surface area contributed by atoms with Crippen molar-refractivity contribution in [2.45, 2.75) is 89.2 Å². The summed E-state index contributed by atoms with van der Waals surface area (Å²) in [4.78, 5) is 0. The van der Waals surface area contributed by atoms with E-state index >= 15 is 0 Å². The van der Waals surface area contributed by atoms with Gasteiger partial charge in [0.25, 0.3) is 0 Å². The average Bonchev–Trinajstić information content (AvgIpc) is 2.61. The first-order valence-electron chi connectivity index (χ1n) is 10.4. The summed E-state index contributed by atoms with van der Waals surface area (Å²) >= 11 is 0. The maximum absolute atomic E-state index is 13.7. The highest BCUT2D eigenvalue weighted by molar-refractivity contribution is 6.58. The number of benzene rings is 1. The summed E-state index contributed by atoms with van der Waals surface area (Å²) in [6, 6.07) is 8.29. The van der Waals surface area contributed by atoms with Crippen LogP contribution in [0.15, 0.2) is 18.2 Å². The Morgan fingerprint density at radius 1 is 1.07 bits per heavy atom. The third kappa shape index (κ3) is 8.67. The molecule has 0 radical (unpaired) electrons. The van der Waals surface area contributed by atoms with Crippen molar-refractivity contribution in [1.29, 1.82) is 0 Å². The number of alkyl halides is 3. The predicted octanol–water partition coefficient (Wildman–Crippen LogP) is 7.26. The molecular weight excluding hydrogens is 372 g/mol. The number of halogens is 4. The lowest BCUT2D eigenvalue weighted by Crippen LogP contribution is -2.21. The summed E-state index contributed by atoms with van der Waals surface area (Å²) in [6.45, 7) is 2.26. The van der Waals surface area contributed by atoms with Crippen LogP contribution < -0.4 is 4.74 Å². The number of hydrogen-bond donors (Lipinski definition) is 0. The van der Waals surface area contributed by atoms with Crippen molar-refractivity contribution >= 4 is 8.80 Å². The van der Waals surface area contributed by atoms with Crippen LogP contribution in [0.3, 0.4) is 0 Å². The smallest absolute Gasteiger partial charge is 0.403 e. The van der Waals surface area contributed by atoms with E-state index in [0.29, 0.717) is 6.42 Å². The Hall–Kier alpha value is -1.04. The Kier molecular flexibility index (Phi) is 9.13. The van der Waals surface area contributed by atoms with Crippen LogP contribution in [0.25, 0.3) is 0 Å². The fourth-order valence-electron chi connectivity index (χ4n) is 4.16. The molecule has 1 aromatic carbocycles. The Labute approximate surface area is 162 Å². The van der Waals surface area contributed by atoms with Gasteiger partial charge in [-0.15, -0.1) is 13.2 Å². The Morgan fingerprint density at radius 2 is 1.81 bits per heavy atom. The molecule has 0 saturated carbocycles. The van der Waals surface area contributed by atoms with Gasteiger partial charge in [-0.1, -0.05) is 76.1 Å². The minimum atomic E-state index is -4.86. The second-order valence-corrected chi connectivity index (χ2v) is 11.4. The minimum absolute atomic E-state index is 0.446. The van der Waals surface area contributed by atoms with Gasteiger partial charge in [0, 0.05) is 8.80 Å². The number of hydrogen-bond acceptors (Lipinski definition) is 1. The molecule has 0 unspecified atom stereocenters. The monoisotopic (exact) mass is 404 g/mol. The van der Waals surface area contributed by atoms with Crippen molar-refractivity contribution in [3.63, 3.8) is 0 Å². The van der Waals surface area contributed by atoms with E-state index in [1.165, 1.54) is 62.7 Å². The average molecular weight is 405 g/mol. The van der Waals surface area contributed by atoms with Crippen LogP contribution in [-0.4, -0.2) is 15.2 Å². The molecule has 0 amide bonds. The summed E-state index contributed by atoms with van der Waals surface area (Å²) in [5.74, 6) is -0.860. The Bertz CT molecular complexity index is 554. The summed E-state index contributed by atoms with van der Waals surface area (Å²) in [5, 5.41) is 0. The van der Waals surface area contributed by atoms with Crippen LogP contribution in [0.2, 0.25) is 18.1 Å². The van der Waals surface area contributed by atoms with E-state index in [1.807, 2.05) is 0 Å². The maximum Gasteiger partial charge on any atom is 0.573 e. The van der Waals surface area contributed by atoms with Gasteiger partial charge >= 0.3 is 6.36 Å². The van der Waals surface area contributed by atoms with Gasteiger partial charge in [0.15, 0.2) is 11.6 Å². The summed E-state index contributed by atoms with van der Waals surface area (Å²) in [6.07, 6.45) is 6.03. The molecule has 6 heteroatoms. The molecule has 27 heavy (non-hydrogen) atoms. The zero-order chi connectivity index (χ0) is 19.7. The lowest BCUT2D eigenvalue weighted by atomic mass is 9.95. The van der Waals surface area contributed by atoms with Crippen molar-refractivity contribution in [3.05, 3.63) is 29.6 Å². The van der Waals surface area contributed by atoms with Gasteiger partial charge < -0.3 is 4.74 Å². The molecule has 2 rings (SSSR count). The fraction of sp³-hybridized carbons (Fsp3) is 0.714. The molecule has 1 fully saturated rings. The quantitative estimate of drug-likeness (QED) is 0.226. The number of rotatable bonds is 10. The molecule has 1 aromatic rings. The molecule has 0 spiro atoms. The van der Waals surface area contributed by atoms with Crippen molar-refractivity contribution in [2.24, 2.45) is 5.92 Å². The molecule has 1 nitrogen and oxygen atoms in total. The van der Waals surface area contributed by atoms with Gasteiger partial charge in [0.05, 0.1) is 0 Å². The van der Waals surface area contributed by atoms with Crippen LogP contribution in [0.4, 0.5) is 17.6 Å². The molecule has 0 N–H and O–H groups in total. The SMILES string of the molecule is CCCCC[SiH]1CCC(CCCCc2ccc(OC(F)(F)F)c(F)c2)CC1. The van der Waals surface area contributed by atoms with Crippen molar-refractivity contribution in [3.8, 4) is 5.75 Å². The lowest BCUT2D eigenvalue weighted by molar-refractivity contribution is -0.275. The van der Waals surface area contributed by atoms with E-state index in [-0.39, 0.29) is 0 Å². The molecule has 1 saturated heterocycles. The van der Waals surface area contributed by atoms with E-state index in [4.69, 9.17) is 0 Å². The van der Waals surface area contributed by atoms with Crippen LogP contribution >= 0.6 is 0 Å². The largest absolute Gasteiger partial charge is 0.573 e. The zero-order valence-corrected chi connectivity index (χ0v) is 17.4. The molecule has 0 atom stereocenters. The zero-order valence-electron chi connectivity index (χ0n) is 16.3. The third-order valence-corrected chi connectivity index (χ3v) is 9.26. The van der Waals surface area contributed by atoms with E-state index in [9.17, 15) is 17.6 Å². The predicted molar refractivity (Wildman–Crippen MR) is 104 cm³/mol. The van der Waals surface area contributed by atoms with Crippen LogP contribution in [-0.2, 0) is 6.42 Å². The first-order valence-corrected chi connectivity index (χ1v) is 12.9. The van der Waals surface area contributed by atoms with Crippen LogP contribution in [0, 0.1) is 11.7 Å². The van der Waals surface area contributed by atoms with Crippen LogP contribution in [0.1, 0.15) is 63.9 Å². The summed E-state index contributed by atoms with van der Waals surface area (Å²) in [7, 11) is -0.446. The first-order chi connectivity index (χ1) is 12.9. The van der Waals surface area contributed by atoms with E-state index < -0.39 is 26.7 Å². The third-order valence-electron chi connectivity index (χ3n) is 5.73. The van der Waals surface area contributed by atoms with E-state index in [2.05, 4.69) is 11.7 Å². The second kappa shape index (κ2) is 11.1. The normalized spacial score (nSPS) is 20.6. The topological polar surface area (TPSA) is 9.23 Å². The number of aryl methyl sites for hydroxylation is 1. The molecule has 0 aliphatic carbocycles. The molecule has 1 aliphatic heterocycles. The first kappa shape index (κ1) is 22.2. The Balaban J connectivity index is 1.62. The molecule has 1 heterocycles. The fourth-order valence-corrected chi connectivity index (χ4v) is 7.78. The van der Waals surface area contributed by atoms with Gasteiger partial charge in [0.1, 0.15) is 0 Å². The molecule has 154 valence electrons. The molecule has 1 aliphatic rings. The van der Waals surface area contributed by atoms with Gasteiger partial charge in [-0.05, 0) is 36.5 Å².